The number of hydrazone groups is 1. The lowest BCUT2D eigenvalue weighted by Gasteiger charge is -2.18. The van der Waals surface area contributed by atoms with Crippen LogP contribution in [0.3, 0.4) is 0 Å². The zero-order valence-electron chi connectivity index (χ0n) is 11.8. The van der Waals surface area contributed by atoms with E-state index in [1.54, 1.807) is 6.92 Å². The van der Waals surface area contributed by atoms with Crippen molar-refractivity contribution < 1.29 is 20.9 Å². The first-order valence-electron chi connectivity index (χ1n) is 6.45. The summed E-state index contributed by atoms with van der Waals surface area (Å²) >= 11 is 0. The van der Waals surface area contributed by atoms with Gasteiger partial charge in [-0.2, -0.15) is 15.6 Å². The molecule has 0 bridgehead atoms. The molecule has 22 heavy (non-hydrogen) atoms. The van der Waals surface area contributed by atoms with Gasteiger partial charge in [0, 0.05) is 6.07 Å². The van der Waals surface area contributed by atoms with Gasteiger partial charge in [-0.3, -0.25) is 5.43 Å². The van der Waals surface area contributed by atoms with Crippen molar-refractivity contribution in [1.82, 2.24) is 0 Å². The van der Waals surface area contributed by atoms with Gasteiger partial charge in [0.2, 0.25) is 0 Å². The minimum Gasteiger partial charge on any atom is -0.595 e. The fourth-order valence-corrected chi connectivity index (χ4v) is 1.84. The van der Waals surface area contributed by atoms with Crippen LogP contribution in [0, 0.1) is 10.4 Å². The van der Waals surface area contributed by atoms with Gasteiger partial charge in [0.1, 0.15) is 5.69 Å². The summed E-state index contributed by atoms with van der Waals surface area (Å²) in [5.74, 6) is 0. The maximum Gasteiger partial charge on any atom is 0.195 e. The molecule has 0 aliphatic heterocycles. The number of benzene rings is 2. The van der Waals surface area contributed by atoms with Gasteiger partial charge in [-0.1, -0.05) is 30.3 Å². The van der Waals surface area contributed by atoms with Crippen molar-refractivity contribution >= 4 is 22.8 Å². The number of hydrogen-bond acceptors (Lipinski definition) is 6. The van der Waals surface area contributed by atoms with Gasteiger partial charge >= 0.3 is 0 Å². The van der Waals surface area contributed by atoms with Gasteiger partial charge in [-0.05, 0) is 18.6 Å². The van der Waals surface area contributed by atoms with Crippen LogP contribution in [-0.4, -0.2) is 16.1 Å². The highest BCUT2D eigenvalue weighted by molar-refractivity contribution is 5.99. The van der Waals surface area contributed by atoms with Crippen molar-refractivity contribution in [2.45, 2.75) is 6.92 Å². The molecule has 5 N–H and O–H groups in total. The van der Waals surface area contributed by atoms with Crippen LogP contribution in [0.5, 0.6) is 0 Å². The van der Waals surface area contributed by atoms with Crippen molar-refractivity contribution in [3.8, 4) is 0 Å². The number of quaternary nitrogens is 2. The zero-order chi connectivity index (χ0) is 16.1. The first-order valence-corrected chi connectivity index (χ1v) is 6.45. The molecule has 0 aliphatic rings. The van der Waals surface area contributed by atoms with Gasteiger partial charge in [0.25, 0.3) is 0 Å². The van der Waals surface area contributed by atoms with Crippen LogP contribution in [0.15, 0.2) is 53.6 Å². The number of anilines is 1. The van der Waals surface area contributed by atoms with Crippen molar-refractivity contribution in [3.63, 3.8) is 0 Å². The Bertz CT molecular complexity index is 659. The van der Waals surface area contributed by atoms with E-state index in [-0.39, 0.29) is 17.1 Å². The molecular formula is C14H16N4O4. The molecule has 2 aromatic rings. The molecule has 0 fully saturated rings. The third-order valence-electron chi connectivity index (χ3n) is 3.03. The average molecular weight is 304 g/mol. The van der Waals surface area contributed by atoms with Crippen LogP contribution in [-0.2, 0) is 0 Å². The number of nitrogens with zero attached hydrogens (tertiary/aromatic N) is 1. The molecule has 2 unspecified atom stereocenters. The molecule has 2 atom stereocenters. The molecule has 8 nitrogen and oxygen atoms in total. The van der Waals surface area contributed by atoms with Crippen molar-refractivity contribution in [2.75, 3.05) is 5.43 Å². The molecule has 0 saturated heterocycles. The van der Waals surface area contributed by atoms with Crippen LogP contribution >= 0.6 is 0 Å². The van der Waals surface area contributed by atoms with E-state index in [9.17, 15) is 15.6 Å². The first kappa shape index (κ1) is 16.0. The average Bonchev–Trinajstić information content (AvgIpc) is 2.53. The fraction of sp³-hybridized carbons (Fsp3) is 0.0714. The van der Waals surface area contributed by atoms with Crippen LogP contribution in [0.4, 0.5) is 17.1 Å². The highest BCUT2D eigenvalue weighted by atomic mass is 16.8. The third-order valence-corrected chi connectivity index (χ3v) is 3.03. The van der Waals surface area contributed by atoms with E-state index in [2.05, 4.69) is 10.5 Å². The molecular weight excluding hydrogens is 288 g/mol. The zero-order valence-corrected chi connectivity index (χ0v) is 11.8. The molecule has 0 spiro atoms. The lowest BCUT2D eigenvalue weighted by atomic mass is 10.1. The van der Waals surface area contributed by atoms with Gasteiger partial charge in [0.15, 0.2) is 11.4 Å². The van der Waals surface area contributed by atoms with Crippen LogP contribution in [0.25, 0.3) is 0 Å². The van der Waals surface area contributed by atoms with E-state index in [0.717, 1.165) is 11.6 Å². The van der Waals surface area contributed by atoms with Crippen LogP contribution in [0.1, 0.15) is 12.5 Å². The van der Waals surface area contributed by atoms with Gasteiger partial charge < -0.3 is 10.4 Å². The Morgan fingerprint density at radius 3 is 2.32 bits per heavy atom. The maximum atomic E-state index is 11.2. The van der Waals surface area contributed by atoms with E-state index < -0.39 is 10.5 Å². The van der Waals surface area contributed by atoms with Crippen molar-refractivity contribution in [2.24, 2.45) is 5.10 Å². The van der Waals surface area contributed by atoms with E-state index in [1.165, 1.54) is 12.1 Å². The second kappa shape index (κ2) is 7.09. The molecule has 0 aromatic heterocycles. The minimum atomic E-state index is -1.22. The lowest BCUT2D eigenvalue weighted by Crippen LogP contribution is -3.00. The smallest absolute Gasteiger partial charge is 0.195 e. The Morgan fingerprint density at radius 2 is 1.73 bits per heavy atom. The lowest BCUT2D eigenvalue weighted by molar-refractivity contribution is -0.996. The van der Waals surface area contributed by atoms with Crippen LogP contribution in [0.2, 0.25) is 0 Å². The largest absolute Gasteiger partial charge is 0.595 e. The number of nitrogens with one attached hydrogen (secondary N) is 3. The highest BCUT2D eigenvalue weighted by Crippen LogP contribution is 2.20. The summed E-state index contributed by atoms with van der Waals surface area (Å²) in [7, 11) is 0. The summed E-state index contributed by atoms with van der Waals surface area (Å²) in [5.41, 5.74) is 4.24. The second-order valence-corrected chi connectivity index (χ2v) is 4.55. The number of hydrogen-bond donors (Lipinski definition) is 5. The van der Waals surface area contributed by atoms with Crippen LogP contribution < -0.4 is 15.9 Å². The van der Waals surface area contributed by atoms with E-state index >= 15 is 0 Å². The molecule has 0 heterocycles. The molecule has 0 amide bonds. The summed E-state index contributed by atoms with van der Waals surface area (Å²) in [6, 6.07) is 13.2. The van der Waals surface area contributed by atoms with Gasteiger partial charge in [-0.15, -0.1) is 0 Å². The molecule has 116 valence electrons. The molecule has 0 saturated carbocycles. The normalized spacial score (nSPS) is 14.5. The SMILES string of the molecule is CC(=NNc1ccc([NH+]([O-])O)cc1[NH+]([O-])O)c1ccccc1. The summed E-state index contributed by atoms with van der Waals surface area (Å²) < 4.78 is 0. The monoisotopic (exact) mass is 304 g/mol. The van der Waals surface area contributed by atoms with Crippen molar-refractivity contribution in [1.29, 1.82) is 0 Å². The molecule has 0 aliphatic carbocycles. The van der Waals surface area contributed by atoms with E-state index in [4.69, 9.17) is 5.21 Å². The quantitative estimate of drug-likeness (QED) is 0.403. The fourth-order valence-electron chi connectivity index (χ4n) is 1.84. The van der Waals surface area contributed by atoms with E-state index in [1.807, 2.05) is 30.3 Å². The maximum absolute atomic E-state index is 11.2. The van der Waals surface area contributed by atoms with Gasteiger partial charge in [0.05, 0.1) is 11.8 Å². The summed E-state index contributed by atoms with van der Waals surface area (Å²) in [6.07, 6.45) is 0. The Hall–Kier alpha value is -2.33. The Labute approximate surface area is 126 Å². The summed E-state index contributed by atoms with van der Waals surface area (Å²) in [4.78, 5) is 0. The second-order valence-electron chi connectivity index (χ2n) is 4.55. The first-order chi connectivity index (χ1) is 10.5. The highest BCUT2D eigenvalue weighted by Gasteiger charge is 2.13. The van der Waals surface area contributed by atoms with Crippen molar-refractivity contribution in [3.05, 3.63) is 64.5 Å². The topological polar surface area (TPSA) is 120 Å². The third kappa shape index (κ3) is 3.86. The molecule has 2 aromatic carbocycles. The standard InChI is InChI=1S/C14H16N4O4/c1-10(11-5-3-2-4-6-11)15-16-13-8-7-12(17(19)20)9-14(13)18(21)22/h2-9,16-19,21H,1H3. The predicted octanol–water partition coefficient (Wildman–Crippen LogP) is 0.330. The Morgan fingerprint density at radius 1 is 1.05 bits per heavy atom. The summed E-state index contributed by atoms with van der Waals surface area (Å²) in [6.45, 7) is 1.79. The molecule has 0 radical (unpaired) electrons. The number of rotatable bonds is 5. The molecule has 8 heteroatoms. The summed E-state index contributed by atoms with van der Waals surface area (Å²) in [5, 5.41) is 41.9. The minimum absolute atomic E-state index is 0.0910. The predicted molar refractivity (Wildman–Crippen MR) is 80.3 cm³/mol. The Balaban J connectivity index is 2.26. The van der Waals surface area contributed by atoms with E-state index in [0.29, 0.717) is 5.71 Å². The Kier molecular flexibility index (Phi) is 5.17. The molecule has 2 rings (SSSR count). The van der Waals surface area contributed by atoms with Gasteiger partial charge in [-0.25, -0.2) is 10.4 Å².